The molecule has 0 unspecified atom stereocenters. The summed E-state index contributed by atoms with van der Waals surface area (Å²) in [4.78, 5) is 32.0. The Balaban J connectivity index is 1.76. The number of carbonyl (C=O) groups excluding carboxylic acids is 1. The van der Waals surface area contributed by atoms with Gasteiger partial charge in [-0.3, -0.25) is 18.9 Å². The number of methoxy groups -OCH3 is 1. The molecule has 17 heteroatoms. The van der Waals surface area contributed by atoms with E-state index in [4.69, 9.17) is 4.74 Å². The third-order valence-electron chi connectivity index (χ3n) is 6.48. The number of hydrogen-bond acceptors (Lipinski definition) is 7. The van der Waals surface area contributed by atoms with Crippen molar-refractivity contribution < 1.29 is 44.3 Å². The summed E-state index contributed by atoms with van der Waals surface area (Å²) in [5.74, 6) is -1.18. The first kappa shape index (κ1) is 32.2. The number of carbonyl (C=O) groups is 1. The molecule has 4 rings (SSSR count). The molecule has 1 amide bonds. The van der Waals surface area contributed by atoms with Gasteiger partial charge in [-0.15, -0.1) is 0 Å². The monoisotopic (exact) mass is 643 g/mol. The average molecular weight is 644 g/mol. The van der Waals surface area contributed by atoms with Gasteiger partial charge >= 0.3 is 12.4 Å². The van der Waals surface area contributed by atoms with Crippen LogP contribution in [-0.4, -0.2) is 43.0 Å². The summed E-state index contributed by atoms with van der Waals surface area (Å²) >= 11 is 0. The Morgan fingerprint density at radius 3 is 2.18 bits per heavy atom. The standard InChI is InChI=1S/C27H23F6N5O5S/c1-14(23(39)34-2)12-38-13-36-21-5-4-15(6-20(21)25(38)40)16-7-22(24(43-3)35-11-16)37-44(41,42)19-9-17(26(28,29)30)8-18(10-19)27(31,32)33/h4-11,13-14,37H,12H2,1-3H3,(H,34,39)/t14-/m1/s1. The molecule has 4 aromatic rings. The number of fused-ring (bicyclic) bond motifs is 1. The van der Waals surface area contributed by atoms with Gasteiger partial charge in [0.05, 0.1) is 46.3 Å². The van der Waals surface area contributed by atoms with Crippen LogP contribution in [0.4, 0.5) is 32.0 Å². The summed E-state index contributed by atoms with van der Waals surface area (Å²) in [5.41, 5.74) is -3.64. The number of anilines is 1. The molecule has 0 aliphatic rings. The fraction of sp³-hybridized carbons (Fsp3) is 0.259. The fourth-order valence-corrected chi connectivity index (χ4v) is 5.34. The van der Waals surface area contributed by atoms with Crippen molar-refractivity contribution >= 4 is 32.5 Å². The fourth-order valence-electron chi connectivity index (χ4n) is 4.22. The number of ether oxygens (including phenoxy) is 1. The number of nitrogens with zero attached hydrogens (tertiary/aromatic N) is 3. The third-order valence-corrected chi connectivity index (χ3v) is 7.83. The zero-order valence-electron chi connectivity index (χ0n) is 23.0. The van der Waals surface area contributed by atoms with Crippen LogP contribution >= 0.6 is 0 Å². The highest BCUT2D eigenvalue weighted by atomic mass is 32.2. The summed E-state index contributed by atoms with van der Waals surface area (Å²) in [6.07, 6.45) is -7.99. The molecule has 0 saturated heterocycles. The highest BCUT2D eigenvalue weighted by molar-refractivity contribution is 7.92. The van der Waals surface area contributed by atoms with E-state index in [0.29, 0.717) is 11.1 Å². The number of halogens is 6. The predicted molar refractivity (Wildman–Crippen MR) is 146 cm³/mol. The Bertz CT molecular complexity index is 1880. The van der Waals surface area contributed by atoms with Crippen LogP contribution in [0.2, 0.25) is 0 Å². The number of nitrogens with one attached hydrogen (secondary N) is 2. The Morgan fingerprint density at radius 1 is 0.977 bits per heavy atom. The van der Waals surface area contributed by atoms with E-state index in [-0.39, 0.29) is 47.5 Å². The van der Waals surface area contributed by atoms with Crippen LogP contribution < -0.4 is 20.3 Å². The molecule has 2 heterocycles. The summed E-state index contributed by atoms with van der Waals surface area (Å²) in [5, 5.41) is 2.64. The number of alkyl halides is 6. The van der Waals surface area contributed by atoms with E-state index in [0.717, 1.165) is 7.11 Å². The molecule has 0 aliphatic carbocycles. The number of aromatic nitrogens is 3. The molecular weight excluding hydrogens is 620 g/mol. The van der Waals surface area contributed by atoms with E-state index in [9.17, 15) is 44.3 Å². The minimum Gasteiger partial charge on any atom is -0.480 e. The molecule has 0 bridgehead atoms. The normalized spacial score (nSPS) is 13.0. The maximum atomic E-state index is 13.3. The number of benzene rings is 2. The van der Waals surface area contributed by atoms with E-state index in [2.05, 4.69) is 15.3 Å². The first-order valence-corrected chi connectivity index (χ1v) is 14.0. The van der Waals surface area contributed by atoms with Crippen molar-refractivity contribution in [2.24, 2.45) is 5.92 Å². The van der Waals surface area contributed by atoms with Gasteiger partial charge in [0.2, 0.25) is 11.8 Å². The topological polar surface area (TPSA) is 132 Å². The lowest BCUT2D eigenvalue weighted by Gasteiger charge is -2.16. The zero-order chi connectivity index (χ0) is 32.6. The van der Waals surface area contributed by atoms with Crippen molar-refractivity contribution in [2.75, 3.05) is 18.9 Å². The van der Waals surface area contributed by atoms with Crippen molar-refractivity contribution in [3.8, 4) is 17.0 Å². The zero-order valence-corrected chi connectivity index (χ0v) is 23.9. The average Bonchev–Trinajstić information content (AvgIpc) is 2.96. The van der Waals surface area contributed by atoms with Crippen molar-refractivity contribution in [1.82, 2.24) is 19.9 Å². The van der Waals surface area contributed by atoms with E-state index >= 15 is 0 Å². The number of pyridine rings is 1. The number of rotatable bonds is 8. The molecule has 2 N–H and O–H groups in total. The molecule has 0 fully saturated rings. The van der Waals surface area contributed by atoms with Crippen LogP contribution in [-0.2, 0) is 33.7 Å². The van der Waals surface area contributed by atoms with Gasteiger partial charge in [-0.1, -0.05) is 13.0 Å². The summed E-state index contributed by atoms with van der Waals surface area (Å²) in [6.45, 7) is 1.66. The third kappa shape index (κ3) is 6.77. The highest BCUT2D eigenvalue weighted by Gasteiger charge is 2.38. The molecule has 0 spiro atoms. The Hall–Kier alpha value is -4.67. The molecule has 0 aliphatic heterocycles. The van der Waals surface area contributed by atoms with Crippen molar-refractivity contribution in [3.05, 3.63) is 76.5 Å². The van der Waals surface area contributed by atoms with Crippen LogP contribution in [0.25, 0.3) is 22.0 Å². The number of sulfonamides is 1. The van der Waals surface area contributed by atoms with Crippen LogP contribution in [0.15, 0.2) is 64.7 Å². The van der Waals surface area contributed by atoms with Crippen molar-refractivity contribution in [3.63, 3.8) is 0 Å². The largest absolute Gasteiger partial charge is 0.480 e. The Morgan fingerprint density at radius 2 is 1.61 bits per heavy atom. The quantitative estimate of drug-likeness (QED) is 0.267. The van der Waals surface area contributed by atoms with Crippen LogP contribution in [0.1, 0.15) is 18.1 Å². The summed E-state index contributed by atoms with van der Waals surface area (Å²) in [6, 6.07) is 5.64. The van der Waals surface area contributed by atoms with Crippen molar-refractivity contribution in [1.29, 1.82) is 0 Å². The number of hydrogen-bond donors (Lipinski definition) is 2. The van der Waals surface area contributed by atoms with Gasteiger partial charge in [0, 0.05) is 25.4 Å². The molecule has 2 aromatic heterocycles. The molecule has 2 aromatic carbocycles. The van der Waals surface area contributed by atoms with E-state index in [1.807, 2.05) is 4.72 Å². The molecule has 10 nitrogen and oxygen atoms in total. The molecule has 0 saturated carbocycles. The second kappa shape index (κ2) is 11.8. The van der Waals surface area contributed by atoms with Crippen LogP contribution in [0.3, 0.4) is 0 Å². The molecule has 44 heavy (non-hydrogen) atoms. The second-order valence-corrected chi connectivity index (χ2v) is 11.3. The highest BCUT2D eigenvalue weighted by Crippen LogP contribution is 2.38. The lowest BCUT2D eigenvalue weighted by Crippen LogP contribution is -2.32. The molecular formula is C27H23F6N5O5S. The smallest absolute Gasteiger partial charge is 0.416 e. The maximum absolute atomic E-state index is 13.3. The predicted octanol–water partition coefficient (Wildman–Crippen LogP) is 4.69. The summed E-state index contributed by atoms with van der Waals surface area (Å²) < 4.78 is 114. The molecule has 234 valence electrons. The van der Waals surface area contributed by atoms with Gasteiger partial charge in [-0.2, -0.15) is 26.3 Å². The molecule has 1 atom stereocenters. The van der Waals surface area contributed by atoms with Crippen molar-refractivity contribution in [2.45, 2.75) is 30.7 Å². The lowest BCUT2D eigenvalue weighted by atomic mass is 10.0. The van der Waals surface area contributed by atoms with Gasteiger partial charge in [-0.25, -0.2) is 18.4 Å². The van der Waals surface area contributed by atoms with E-state index < -0.39 is 55.6 Å². The van der Waals surface area contributed by atoms with Gasteiger partial charge < -0.3 is 10.1 Å². The van der Waals surface area contributed by atoms with Crippen LogP contribution in [0.5, 0.6) is 5.88 Å². The molecule has 0 radical (unpaired) electrons. The van der Waals surface area contributed by atoms with Crippen LogP contribution in [0, 0.1) is 5.92 Å². The first-order valence-electron chi connectivity index (χ1n) is 12.5. The Labute approximate surface area is 245 Å². The van der Waals surface area contributed by atoms with Gasteiger partial charge in [0.15, 0.2) is 0 Å². The number of amides is 1. The second-order valence-electron chi connectivity index (χ2n) is 9.58. The van der Waals surface area contributed by atoms with E-state index in [1.165, 1.54) is 48.4 Å². The maximum Gasteiger partial charge on any atom is 0.416 e. The van der Waals surface area contributed by atoms with Gasteiger partial charge in [0.1, 0.15) is 5.69 Å². The van der Waals surface area contributed by atoms with Gasteiger partial charge in [0.25, 0.3) is 15.6 Å². The van der Waals surface area contributed by atoms with E-state index in [1.54, 1.807) is 6.92 Å². The summed E-state index contributed by atoms with van der Waals surface area (Å²) in [7, 11) is -2.46. The first-order chi connectivity index (χ1) is 20.4. The SMILES string of the molecule is CNC(=O)[C@H](C)Cn1cnc2ccc(-c3cnc(OC)c(NS(=O)(=O)c4cc(C(F)(F)F)cc(C(F)(F)F)c4)c3)cc2c1=O. The lowest BCUT2D eigenvalue weighted by molar-refractivity contribution is -0.143. The minimum atomic E-state index is -5.27. The van der Waals surface area contributed by atoms with Gasteiger partial charge in [-0.05, 0) is 42.0 Å². The minimum absolute atomic E-state index is 0.0350. The Kier molecular flexibility index (Phi) is 8.64.